The summed E-state index contributed by atoms with van der Waals surface area (Å²) in [6, 6.07) is 2.17. The fourth-order valence-corrected chi connectivity index (χ4v) is 2.75. The van der Waals surface area contributed by atoms with Crippen LogP contribution >= 0.6 is 0 Å². The zero-order valence-corrected chi connectivity index (χ0v) is 13.7. The molecule has 0 aromatic carbocycles. The molecule has 2 rings (SSSR count). The van der Waals surface area contributed by atoms with E-state index in [-0.39, 0.29) is 23.9 Å². The summed E-state index contributed by atoms with van der Waals surface area (Å²) >= 11 is 0. The van der Waals surface area contributed by atoms with E-state index in [4.69, 9.17) is 10.00 Å². The van der Waals surface area contributed by atoms with Gasteiger partial charge in [-0.3, -0.25) is 0 Å². The molecule has 7 heteroatoms. The lowest BCUT2D eigenvalue weighted by molar-refractivity contribution is 0.130. The Labute approximate surface area is 136 Å². The number of nitrogens with zero attached hydrogens (tertiary/aromatic N) is 4. The van der Waals surface area contributed by atoms with E-state index >= 15 is 0 Å². The van der Waals surface area contributed by atoms with Crippen molar-refractivity contribution in [2.24, 2.45) is 0 Å². The van der Waals surface area contributed by atoms with Crippen LogP contribution in [0.4, 0.5) is 4.79 Å². The molecule has 23 heavy (non-hydrogen) atoms. The summed E-state index contributed by atoms with van der Waals surface area (Å²) in [5.74, 6) is 0.297. The predicted octanol–water partition coefficient (Wildman–Crippen LogP) is 2.09. The Bertz CT molecular complexity index is 560. The van der Waals surface area contributed by atoms with Gasteiger partial charge >= 0.3 is 6.03 Å². The monoisotopic (exact) mass is 317 g/mol. The Morgan fingerprint density at radius 1 is 1.30 bits per heavy atom. The molecule has 0 unspecified atom stereocenters. The van der Waals surface area contributed by atoms with Gasteiger partial charge < -0.3 is 15.0 Å². The van der Waals surface area contributed by atoms with E-state index in [2.05, 4.69) is 15.3 Å². The molecule has 0 atom stereocenters. The first-order valence-electron chi connectivity index (χ1n) is 8.11. The van der Waals surface area contributed by atoms with E-state index in [9.17, 15) is 4.79 Å². The fraction of sp³-hybridized carbons (Fsp3) is 0.625. The molecule has 1 aromatic rings. The highest BCUT2D eigenvalue weighted by Gasteiger charge is 2.25. The van der Waals surface area contributed by atoms with E-state index in [0.29, 0.717) is 19.0 Å². The topological polar surface area (TPSA) is 91.1 Å². The standard InChI is InChI=1S/C16H23N5O2/c1-3-21(4-2)16(22)20-12-5-7-13(8-6-12)23-15-14(11-17)18-9-10-19-15/h9-10,12-13H,3-8H2,1-2H3,(H,20,22). The molecule has 2 amide bonds. The molecule has 124 valence electrons. The van der Waals surface area contributed by atoms with Crippen molar-refractivity contribution >= 4 is 6.03 Å². The maximum absolute atomic E-state index is 12.1. The van der Waals surface area contributed by atoms with Crippen LogP contribution in [0.2, 0.25) is 0 Å². The van der Waals surface area contributed by atoms with E-state index in [1.165, 1.54) is 12.4 Å². The Balaban J connectivity index is 1.82. The number of hydrogen-bond donors (Lipinski definition) is 1. The van der Waals surface area contributed by atoms with Gasteiger partial charge in [0.25, 0.3) is 5.88 Å². The van der Waals surface area contributed by atoms with Gasteiger partial charge in [-0.15, -0.1) is 0 Å². The maximum atomic E-state index is 12.1. The average Bonchev–Trinajstić information content (AvgIpc) is 2.58. The third-order valence-electron chi connectivity index (χ3n) is 4.10. The van der Waals surface area contributed by atoms with E-state index in [1.807, 2.05) is 19.9 Å². The Hall–Kier alpha value is -2.36. The second-order valence-electron chi connectivity index (χ2n) is 5.54. The minimum atomic E-state index is 0.0000566. The van der Waals surface area contributed by atoms with Crippen LogP contribution in [0, 0.1) is 11.3 Å². The predicted molar refractivity (Wildman–Crippen MR) is 84.9 cm³/mol. The Morgan fingerprint density at radius 3 is 2.57 bits per heavy atom. The zero-order valence-electron chi connectivity index (χ0n) is 13.7. The van der Waals surface area contributed by atoms with Crippen LogP contribution in [0.15, 0.2) is 12.4 Å². The zero-order chi connectivity index (χ0) is 16.7. The van der Waals surface area contributed by atoms with Crippen molar-refractivity contribution in [3.8, 4) is 11.9 Å². The van der Waals surface area contributed by atoms with Gasteiger partial charge in [-0.25, -0.2) is 14.8 Å². The van der Waals surface area contributed by atoms with Crippen molar-refractivity contribution in [3.63, 3.8) is 0 Å². The molecule has 1 aromatic heterocycles. The molecular formula is C16H23N5O2. The second kappa shape index (κ2) is 8.32. The smallest absolute Gasteiger partial charge is 0.317 e. The minimum absolute atomic E-state index is 0.0000566. The van der Waals surface area contributed by atoms with Crippen LogP contribution in [0.3, 0.4) is 0 Å². The number of aromatic nitrogens is 2. The van der Waals surface area contributed by atoms with Crippen LogP contribution in [0.25, 0.3) is 0 Å². The molecular weight excluding hydrogens is 294 g/mol. The van der Waals surface area contributed by atoms with Gasteiger partial charge in [0.1, 0.15) is 12.2 Å². The lowest BCUT2D eigenvalue weighted by atomic mass is 9.93. The summed E-state index contributed by atoms with van der Waals surface area (Å²) in [4.78, 5) is 21.9. The lowest BCUT2D eigenvalue weighted by Crippen LogP contribution is -2.46. The third-order valence-corrected chi connectivity index (χ3v) is 4.10. The van der Waals surface area contributed by atoms with Crippen molar-refractivity contribution in [1.82, 2.24) is 20.2 Å². The molecule has 0 radical (unpaired) electrons. The fourth-order valence-electron chi connectivity index (χ4n) is 2.75. The number of carbonyl (C=O) groups is 1. The van der Waals surface area contributed by atoms with Gasteiger partial charge in [0.2, 0.25) is 5.69 Å². The van der Waals surface area contributed by atoms with E-state index in [1.54, 1.807) is 4.90 Å². The third kappa shape index (κ3) is 4.55. The van der Waals surface area contributed by atoms with E-state index < -0.39 is 0 Å². The lowest BCUT2D eigenvalue weighted by Gasteiger charge is -2.31. The number of urea groups is 1. The molecule has 1 heterocycles. The molecule has 1 N–H and O–H groups in total. The second-order valence-corrected chi connectivity index (χ2v) is 5.54. The molecule has 0 bridgehead atoms. The Morgan fingerprint density at radius 2 is 1.96 bits per heavy atom. The molecule has 7 nitrogen and oxygen atoms in total. The first-order valence-corrected chi connectivity index (χ1v) is 8.11. The summed E-state index contributed by atoms with van der Waals surface area (Å²) in [6.45, 7) is 5.37. The molecule has 1 aliphatic carbocycles. The van der Waals surface area contributed by atoms with Crippen molar-refractivity contribution in [2.45, 2.75) is 51.7 Å². The SMILES string of the molecule is CCN(CC)C(=O)NC1CCC(Oc2nccnc2C#N)CC1. The van der Waals surface area contributed by atoms with Crippen molar-refractivity contribution in [2.75, 3.05) is 13.1 Å². The van der Waals surface area contributed by atoms with Gasteiger partial charge in [0.15, 0.2) is 0 Å². The summed E-state index contributed by atoms with van der Waals surface area (Å²) in [7, 11) is 0. The molecule has 1 aliphatic rings. The van der Waals surface area contributed by atoms with Crippen molar-refractivity contribution < 1.29 is 9.53 Å². The molecule has 0 saturated heterocycles. The molecule has 0 aliphatic heterocycles. The van der Waals surface area contributed by atoms with Gasteiger partial charge in [-0.2, -0.15) is 5.26 Å². The van der Waals surface area contributed by atoms with Gasteiger partial charge in [0, 0.05) is 31.5 Å². The van der Waals surface area contributed by atoms with Gasteiger partial charge in [-0.1, -0.05) is 0 Å². The Kier molecular flexibility index (Phi) is 6.15. The van der Waals surface area contributed by atoms with E-state index in [0.717, 1.165) is 25.7 Å². The van der Waals surface area contributed by atoms with Crippen LogP contribution in [0.1, 0.15) is 45.2 Å². The average molecular weight is 317 g/mol. The first-order chi connectivity index (χ1) is 11.2. The van der Waals surface area contributed by atoms with Crippen LogP contribution in [0.5, 0.6) is 5.88 Å². The highest BCUT2D eigenvalue weighted by atomic mass is 16.5. The highest BCUT2D eigenvalue weighted by Crippen LogP contribution is 2.24. The summed E-state index contributed by atoms with van der Waals surface area (Å²) in [5, 5.41) is 12.1. The number of nitriles is 1. The number of rotatable bonds is 5. The number of amides is 2. The largest absolute Gasteiger partial charge is 0.472 e. The molecule has 0 spiro atoms. The quantitative estimate of drug-likeness (QED) is 0.898. The van der Waals surface area contributed by atoms with Gasteiger partial charge in [-0.05, 0) is 39.5 Å². The highest BCUT2D eigenvalue weighted by molar-refractivity contribution is 5.74. The summed E-state index contributed by atoms with van der Waals surface area (Å²) in [5.41, 5.74) is 0.212. The van der Waals surface area contributed by atoms with Crippen molar-refractivity contribution in [3.05, 3.63) is 18.1 Å². The number of nitrogens with one attached hydrogen (secondary N) is 1. The number of ether oxygens (including phenoxy) is 1. The number of hydrogen-bond acceptors (Lipinski definition) is 5. The van der Waals surface area contributed by atoms with Gasteiger partial charge in [0.05, 0.1) is 0 Å². The van der Waals surface area contributed by atoms with Crippen molar-refractivity contribution in [1.29, 1.82) is 5.26 Å². The minimum Gasteiger partial charge on any atom is -0.472 e. The van der Waals surface area contributed by atoms with Crippen LogP contribution in [-0.2, 0) is 0 Å². The summed E-state index contributed by atoms with van der Waals surface area (Å²) < 4.78 is 5.80. The summed E-state index contributed by atoms with van der Waals surface area (Å²) in [6.07, 6.45) is 6.38. The molecule has 1 fully saturated rings. The first kappa shape index (κ1) is 17.0. The number of carbonyl (C=O) groups excluding carboxylic acids is 1. The molecule has 1 saturated carbocycles. The maximum Gasteiger partial charge on any atom is 0.317 e. The normalized spacial score (nSPS) is 20.4. The van der Waals surface area contributed by atoms with Crippen LogP contribution in [-0.4, -0.2) is 46.1 Å². The van der Waals surface area contributed by atoms with Crippen LogP contribution < -0.4 is 10.1 Å².